The van der Waals surface area contributed by atoms with Crippen molar-refractivity contribution in [2.75, 3.05) is 0 Å². The third-order valence-electron chi connectivity index (χ3n) is 6.71. The number of benzene rings is 4. The van der Waals surface area contributed by atoms with E-state index in [1.54, 1.807) is 42.5 Å². The molecule has 2 N–H and O–H groups in total. The summed E-state index contributed by atoms with van der Waals surface area (Å²) in [6.07, 6.45) is 0. The number of hydrogen-bond donors (Lipinski definition) is 2. The standard InChI is InChI=1S/C29H12Cl8N6O2/c1-9-8-12(39-27-15-17(29(45)41-27)21(33)25(37)23(35)19(15)31)6-7-13(9)43-42-11-4-2-10(3-5-11)38-26-14-16(28(44)40-26)20(32)24(36)22(34)18(14)30/h2-8H,1H3,(H,38,40,44)(H,39,41,45). The maximum absolute atomic E-state index is 12.6. The molecule has 16 heteroatoms. The Hall–Kier alpha value is -2.92. The van der Waals surface area contributed by atoms with E-state index in [0.29, 0.717) is 22.7 Å². The van der Waals surface area contributed by atoms with E-state index in [4.69, 9.17) is 92.8 Å². The number of aryl methyl sites for hydroxylation is 1. The van der Waals surface area contributed by atoms with E-state index in [9.17, 15) is 9.59 Å². The summed E-state index contributed by atoms with van der Waals surface area (Å²) in [5.74, 6) is -0.607. The number of amides is 2. The van der Waals surface area contributed by atoms with Crippen LogP contribution in [-0.2, 0) is 0 Å². The third kappa shape index (κ3) is 5.68. The first-order chi connectivity index (χ1) is 21.4. The van der Waals surface area contributed by atoms with E-state index in [0.717, 1.165) is 5.56 Å². The van der Waals surface area contributed by atoms with Crippen molar-refractivity contribution in [3.8, 4) is 0 Å². The maximum Gasteiger partial charge on any atom is 0.259 e. The third-order valence-corrected chi connectivity index (χ3v) is 10.3. The first-order valence-electron chi connectivity index (χ1n) is 12.5. The first kappa shape index (κ1) is 32.0. The van der Waals surface area contributed by atoms with Crippen molar-refractivity contribution >= 4 is 139 Å². The van der Waals surface area contributed by atoms with Gasteiger partial charge < -0.3 is 10.6 Å². The average Bonchev–Trinajstić information content (AvgIpc) is 3.52. The second-order valence-electron chi connectivity index (χ2n) is 9.53. The molecule has 0 unspecified atom stereocenters. The van der Waals surface area contributed by atoms with Crippen molar-refractivity contribution in [1.82, 2.24) is 10.6 Å². The molecule has 8 nitrogen and oxygen atoms in total. The number of nitrogens with zero attached hydrogens (tertiary/aromatic N) is 4. The molecule has 4 aromatic rings. The summed E-state index contributed by atoms with van der Waals surface area (Å²) in [5.41, 5.74) is 3.66. The topological polar surface area (TPSA) is 108 Å². The Labute approximate surface area is 295 Å². The lowest BCUT2D eigenvalue weighted by Gasteiger charge is -2.08. The summed E-state index contributed by atoms with van der Waals surface area (Å²) in [4.78, 5) is 34.1. The summed E-state index contributed by atoms with van der Waals surface area (Å²) in [6, 6.07) is 12.0. The fraction of sp³-hybridized carbons (Fsp3) is 0.0345. The van der Waals surface area contributed by atoms with Gasteiger partial charge in [-0.15, -0.1) is 0 Å². The molecular formula is C29H12Cl8N6O2. The number of amidine groups is 2. The Morgan fingerprint density at radius 1 is 0.489 bits per heavy atom. The van der Waals surface area contributed by atoms with Crippen molar-refractivity contribution in [1.29, 1.82) is 0 Å². The highest BCUT2D eigenvalue weighted by Gasteiger charge is 2.35. The summed E-state index contributed by atoms with van der Waals surface area (Å²) < 4.78 is 0. The quantitative estimate of drug-likeness (QED) is 0.123. The molecule has 0 bridgehead atoms. The van der Waals surface area contributed by atoms with E-state index in [1.165, 1.54) is 0 Å². The van der Waals surface area contributed by atoms with Gasteiger partial charge in [-0.05, 0) is 55.0 Å². The van der Waals surface area contributed by atoms with Crippen LogP contribution in [0, 0.1) is 6.92 Å². The summed E-state index contributed by atoms with van der Waals surface area (Å²) in [7, 11) is 0. The molecule has 226 valence electrons. The Kier molecular flexibility index (Phi) is 8.80. The number of hydrogen-bond acceptors (Lipinski definition) is 6. The molecule has 0 atom stereocenters. The molecular weight excluding hydrogens is 748 g/mol. The molecule has 6 rings (SSSR count). The number of fused-ring (bicyclic) bond motifs is 2. The Morgan fingerprint density at radius 3 is 1.36 bits per heavy atom. The van der Waals surface area contributed by atoms with Gasteiger partial charge in [-0.1, -0.05) is 92.8 Å². The molecule has 2 amide bonds. The van der Waals surface area contributed by atoms with Gasteiger partial charge in [0.25, 0.3) is 11.8 Å². The zero-order chi connectivity index (χ0) is 32.3. The molecule has 2 heterocycles. The van der Waals surface area contributed by atoms with Crippen molar-refractivity contribution < 1.29 is 9.59 Å². The Balaban J connectivity index is 1.22. The average molecular weight is 760 g/mol. The summed E-state index contributed by atoms with van der Waals surface area (Å²) in [5, 5.41) is 14.1. The van der Waals surface area contributed by atoms with Gasteiger partial charge in [0.2, 0.25) is 0 Å². The zero-order valence-electron chi connectivity index (χ0n) is 22.2. The van der Waals surface area contributed by atoms with Crippen LogP contribution in [0.5, 0.6) is 0 Å². The smallest absolute Gasteiger partial charge is 0.259 e. The molecule has 0 radical (unpaired) electrons. The zero-order valence-corrected chi connectivity index (χ0v) is 28.2. The molecule has 0 fully saturated rings. The van der Waals surface area contributed by atoms with E-state index in [2.05, 4.69) is 30.8 Å². The number of aliphatic imine (C=N–C) groups is 2. The van der Waals surface area contributed by atoms with Gasteiger partial charge in [0.1, 0.15) is 11.7 Å². The van der Waals surface area contributed by atoms with Crippen LogP contribution in [0.1, 0.15) is 37.4 Å². The monoisotopic (exact) mass is 756 g/mol. The van der Waals surface area contributed by atoms with Gasteiger partial charge in [0.15, 0.2) is 0 Å². The van der Waals surface area contributed by atoms with Gasteiger partial charge in [-0.25, -0.2) is 9.98 Å². The highest BCUT2D eigenvalue weighted by atomic mass is 35.5. The number of azo groups is 1. The fourth-order valence-corrected chi connectivity index (χ4v) is 6.61. The van der Waals surface area contributed by atoms with Gasteiger partial charge in [0, 0.05) is 0 Å². The highest BCUT2D eigenvalue weighted by Crippen LogP contribution is 2.45. The predicted molar refractivity (Wildman–Crippen MR) is 182 cm³/mol. The van der Waals surface area contributed by atoms with Crippen LogP contribution in [-0.4, -0.2) is 23.5 Å². The molecule has 0 saturated heterocycles. The molecule has 2 aliphatic heterocycles. The highest BCUT2D eigenvalue weighted by molar-refractivity contribution is 6.56. The van der Waals surface area contributed by atoms with Gasteiger partial charge >= 0.3 is 0 Å². The van der Waals surface area contributed by atoms with Crippen LogP contribution >= 0.6 is 92.8 Å². The fourth-order valence-electron chi connectivity index (χ4n) is 4.55. The van der Waals surface area contributed by atoms with Crippen LogP contribution in [0.2, 0.25) is 40.2 Å². The molecule has 0 saturated carbocycles. The molecule has 0 aliphatic carbocycles. The first-order valence-corrected chi connectivity index (χ1v) is 15.5. The van der Waals surface area contributed by atoms with Gasteiger partial charge in [-0.2, -0.15) is 10.2 Å². The van der Waals surface area contributed by atoms with Crippen LogP contribution in [0.15, 0.2) is 62.7 Å². The SMILES string of the molecule is Cc1cc(N=C2NC(=O)c3c(Cl)c(Cl)c(Cl)c(Cl)c32)ccc1N=Nc1ccc(N=C2NC(=O)c3c(Cl)c(Cl)c(Cl)c(Cl)c32)cc1. The molecule has 4 aromatic carbocycles. The van der Waals surface area contributed by atoms with Crippen LogP contribution in [0.25, 0.3) is 0 Å². The van der Waals surface area contributed by atoms with Crippen molar-refractivity contribution in [3.63, 3.8) is 0 Å². The molecule has 45 heavy (non-hydrogen) atoms. The summed E-state index contributed by atoms with van der Waals surface area (Å²) in [6.45, 7) is 1.84. The maximum atomic E-state index is 12.6. The minimum absolute atomic E-state index is 0.00334. The van der Waals surface area contributed by atoms with Crippen LogP contribution < -0.4 is 10.6 Å². The van der Waals surface area contributed by atoms with Gasteiger partial charge in [0.05, 0.1) is 85.2 Å². The lowest BCUT2D eigenvalue weighted by atomic mass is 10.1. The Morgan fingerprint density at radius 2 is 0.889 bits per heavy atom. The Bertz CT molecular complexity index is 2090. The molecule has 0 spiro atoms. The second kappa shape index (κ2) is 12.4. The van der Waals surface area contributed by atoms with E-state index < -0.39 is 11.8 Å². The van der Waals surface area contributed by atoms with E-state index in [-0.39, 0.29) is 74.1 Å². The molecule has 0 aromatic heterocycles. The minimum Gasteiger partial charge on any atom is -0.306 e. The van der Waals surface area contributed by atoms with Crippen molar-refractivity contribution in [3.05, 3.63) is 110 Å². The second-order valence-corrected chi connectivity index (χ2v) is 12.6. The normalized spacial score (nSPS) is 15.7. The number of nitrogens with one attached hydrogen (secondary N) is 2. The van der Waals surface area contributed by atoms with Gasteiger partial charge in [-0.3, -0.25) is 9.59 Å². The number of halogens is 8. The lowest BCUT2D eigenvalue weighted by Crippen LogP contribution is -2.21. The van der Waals surface area contributed by atoms with Crippen LogP contribution in [0.4, 0.5) is 22.7 Å². The lowest BCUT2D eigenvalue weighted by molar-refractivity contribution is 0.0975. The largest absolute Gasteiger partial charge is 0.306 e. The van der Waals surface area contributed by atoms with E-state index in [1.807, 2.05) is 6.92 Å². The summed E-state index contributed by atoms with van der Waals surface area (Å²) >= 11 is 49.8. The molecule has 2 aliphatic rings. The number of carbonyl (C=O) groups excluding carboxylic acids is 2. The van der Waals surface area contributed by atoms with Crippen LogP contribution in [0.3, 0.4) is 0 Å². The number of carbonyl (C=O) groups is 2. The minimum atomic E-state index is -0.493. The van der Waals surface area contributed by atoms with E-state index >= 15 is 0 Å². The predicted octanol–water partition coefficient (Wildman–Crippen LogP) is 11.3. The van der Waals surface area contributed by atoms with Crippen molar-refractivity contribution in [2.45, 2.75) is 6.92 Å². The van der Waals surface area contributed by atoms with Crippen molar-refractivity contribution in [2.24, 2.45) is 20.2 Å². The number of rotatable bonds is 4.